The molecule has 18 heavy (non-hydrogen) atoms. The number of likely N-dealkylation sites (tertiary alicyclic amines) is 1. The molecule has 0 aromatic heterocycles. The molecule has 1 atom stereocenters. The number of β-amino-alcohol motifs (C(OH)–C–C–N with tert-alkyl or cyclic N) is 1. The van der Waals surface area contributed by atoms with Gasteiger partial charge in [-0.25, -0.2) is 4.39 Å². The molecule has 0 aliphatic carbocycles. The first-order valence-electron chi connectivity index (χ1n) is 6.21. The van der Waals surface area contributed by atoms with Crippen LogP contribution in [0.25, 0.3) is 0 Å². The Labute approximate surface area is 107 Å². The molecule has 2 rings (SSSR count). The van der Waals surface area contributed by atoms with Crippen LogP contribution in [-0.4, -0.2) is 35.1 Å². The molecule has 0 radical (unpaired) electrons. The zero-order valence-corrected chi connectivity index (χ0v) is 10.9. The molecular weight excluding hydrogens is 233 g/mol. The number of aliphatic hydroxyl groups is 1. The number of aliphatic hydroxyl groups excluding tert-OH is 1. The van der Waals surface area contributed by atoms with Crippen molar-refractivity contribution in [3.8, 4) is 0 Å². The summed E-state index contributed by atoms with van der Waals surface area (Å²) in [6.07, 6.45) is 1.01. The molecule has 0 bridgehead atoms. The van der Waals surface area contributed by atoms with E-state index in [1.165, 1.54) is 12.1 Å². The summed E-state index contributed by atoms with van der Waals surface area (Å²) in [5.74, 6) is -0.0212. The number of carbonyl (C=O) groups is 1. The van der Waals surface area contributed by atoms with Gasteiger partial charge in [-0.05, 0) is 25.5 Å². The van der Waals surface area contributed by atoms with Crippen molar-refractivity contribution in [3.63, 3.8) is 0 Å². The first-order chi connectivity index (χ1) is 8.52. The Kier molecular flexibility index (Phi) is 5.78. The van der Waals surface area contributed by atoms with Crippen LogP contribution in [0.1, 0.15) is 25.3 Å². The maximum atomic E-state index is 12.1. The van der Waals surface area contributed by atoms with Gasteiger partial charge >= 0.3 is 0 Å². The van der Waals surface area contributed by atoms with Gasteiger partial charge in [-0.2, -0.15) is 0 Å². The van der Waals surface area contributed by atoms with Gasteiger partial charge in [-0.1, -0.05) is 24.6 Å². The fraction of sp³-hybridized carbons (Fsp3) is 0.500. The van der Waals surface area contributed by atoms with Crippen LogP contribution in [0.2, 0.25) is 0 Å². The van der Waals surface area contributed by atoms with Crippen LogP contribution in [0.4, 0.5) is 4.39 Å². The minimum Gasteiger partial charge on any atom is -0.391 e. The molecule has 1 saturated heterocycles. The molecule has 1 fully saturated rings. The van der Waals surface area contributed by atoms with Crippen molar-refractivity contribution in [2.24, 2.45) is 0 Å². The average Bonchev–Trinajstić information content (AvgIpc) is 2.79. The monoisotopic (exact) mass is 253 g/mol. The van der Waals surface area contributed by atoms with Crippen LogP contribution in [-0.2, 0) is 4.79 Å². The van der Waals surface area contributed by atoms with Gasteiger partial charge in [0.2, 0.25) is 5.91 Å². The Balaban J connectivity index is 0.000000184. The fourth-order valence-corrected chi connectivity index (χ4v) is 1.73. The van der Waals surface area contributed by atoms with Crippen molar-refractivity contribution in [2.75, 3.05) is 13.1 Å². The second-order valence-electron chi connectivity index (χ2n) is 4.43. The third-order valence-electron chi connectivity index (χ3n) is 2.83. The number of hydrogen-bond donors (Lipinski definition) is 1. The van der Waals surface area contributed by atoms with E-state index in [0.29, 0.717) is 13.0 Å². The minimum atomic E-state index is -0.282. The lowest BCUT2D eigenvalue weighted by atomic mass is 10.2. The van der Waals surface area contributed by atoms with Gasteiger partial charge in [-0.3, -0.25) is 4.79 Å². The first kappa shape index (κ1) is 14.6. The molecular formula is C14H20FNO2. The van der Waals surface area contributed by atoms with E-state index < -0.39 is 0 Å². The van der Waals surface area contributed by atoms with Crippen LogP contribution >= 0.6 is 0 Å². The lowest BCUT2D eigenvalue weighted by molar-refractivity contribution is -0.130. The van der Waals surface area contributed by atoms with E-state index in [4.69, 9.17) is 5.11 Å². The summed E-state index contributed by atoms with van der Waals surface area (Å²) in [5, 5.41) is 9.05. The number of carbonyl (C=O) groups excluding carboxylic acids is 1. The van der Waals surface area contributed by atoms with Crippen LogP contribution < -0.4 is 0 Å². The normalized spacial score (nSPS) is 18.2. The SMILES string of the molecule is CCC(=O)N1CCC(O)C1.Cc1ccc(F)cc1. The van der Waals surface area contributed by atoms with Crippen molar-refractivity contribution >= 4 is 5.91 Å². The highest BCUT2D eigenvalue weighted by atomic mass is 19.1. The predicted molar refractivity (Wildman–Crippen MR) is 68.6 cm³/mol. The average molecular weight is 253 g/mol. The standard InChI is InChI=1S/C7H7F.C7H13NO2/c1-6-2-4-7(8)5-3-6;1-2-7(10)8-4-3-6(9)5-8/h2-5H,1H3;6,9H,2-5H2,1H3. The maximum absolute atomic E-state index is 12.1. The van der Waals surface area contributed by atoms with Gasteiger partial charge in [0, 0.05) is 19.5 Å². The molecule has 1 amide bonds. The van der Waals surface area contributed by atoms with Gasteiger partial charge in [-0.15, -0.1) is 0 Å². The third-order valence-corrected chi connectivity index (χ3v) is 2.83. The molecule has 100 valence electrons. The number of rotatable bonds is 1. The Hall–Kier alpha value is -1.42. The van der Waals surface area contributed by atoms with Gasteiger partial charge in [0.15, 0.2) is 0 Å². The fourth-order valence-electron chi connectivity index (χ4n) is 1.73. The van der Waals surface area contributed by atoms with E-state index in [-0.39, 0.29) is 17.8 Å². The summed E-state index contributed by atoms with van der Waals surface area (Å²) in [7, 11) is 0. The quantitative estimate of drug-likeness (QED) is 0.833. The van der Waals surface area contributed by atoms with E-state index in [9.17, 15) is 9.18 Å². The molecule has 1 aromatic carbocycles. The van der Waals surface area contributed by atoms with Crippen LogP contribution in [0, 0.1) is 12.7 Å². The number of amides is 1. The molecule has 1 aliphatic heterocycles. The van der Waals surface area contributed by atoms with Crippen LogP contribution in [0.15, 0.2) is 24.3 Å². The maximum Gasteiger partial charge on any atom is 0.222 e. The number of nitrogens with zero attached hydrogens (tertiary/aromatic N) is 1. The Morgan fingerprint density at radius 1 is 1.44 bits per heavy atom. The van der Waals surface area contributed by atoms with Crippen molar-refractivity contribution < 1.29 is 14.3 Å². The second-order valence-corrected chi connectivity index (χ2v) is 4.43. The lowest BCUT2D eigenvalue weighted by Crippen LogP contribution is -2.28. The molecule has 1 heterocycles. The van der Waals surface area contributed by atoms with Crippen molar-refractivity contribution in [3.05, 3.63) is 35.6 Å². The lowest BCUT2D eigenvalue weighted by Gasteiger charge is -2.13. The van der Waals surface area contributed by atoms with E-state index >= 15 is 0 Å². The van der Waals surface area contributed by atoms with Crippen LogP contribution in [0.5, 0.6) is 0 Å². The number of benzene rings is 1. The summed E-state index contributed by atoms with van der Waals surface area (Å²) >= 11 is 0. The molecule has 0 saturated carbocycles. The smallest absolute Gasteiger partial charge is 0.222 e. The summed E-state index contributed by atoms with van der Waals surface area (Å²) in [6.45, 7) is 5.03. The van der Waals surface area contributed by atoms with Crippen molar-refractivity contribution in [2.45, 2.75) is 32.8 Å². The molecule has 3 nitrogen and oxygen atoms in total. The first-order valence-corrected chi connectivity index (χ1v) is 6.21. The summed E-state index contributed by atoms with van der Waals surface area (Å²) in [4.78, 5) is 12.7. The largest absolute Gasteiger partial charge is 0.391 e. The van der Waals surface area contributed by atoms with E-state index in [1.807, 2.05) is 13.8 Å². The predicted octanol–water partition coefficient (Wildman–Crippen LogP) is 2.12. The topological polar surface area (TPSA) is 40.5 Å². The highest BCUT2D eigenvalue weighted by Crippen LogP contribution is 2.09. The number of aryl methyl sites for hydroxylation is 1. The van der Waals surface area contributed by atoms with E-state index in [1.54, 1.807) is 17.0 Å². The van der Waals surface area contributed by atoms with Gasteiger partial charge in [0.25, 0.3) is 0 Å². The number of halogens is 1. The zero-order chi connectivity index (χ0) is 13.5. The molecule has 1 unspecified atom stereocenters. The Morgan fingerprint density at radius 3 is 2.44 bits per heavy atom. The van der Waals surface area contributed by atoms with E-state index in [0.717, 1.165) is 18.5 Å². The second kappa shape index (κ2) is 7.11. The molecule has 1 aromatic rings. The third kappa shape index (κ3) is 4.84. The van der Waals surface area contributed by atoms with Crippen molar-refractivity contribution in [1.82, 2.24) is 4.90 Å². The van der Waals surface area contributed by atoms with Gasteiger partial charge < -0.3 is 10.0 Å². The molecule has 4 heteroatoms. The molecule has 1 aliphatic rings. The van der Waals surface area contributed by atoms with E-state index in [2.05, 4.69) is 0 Å². The van der Waals surface area contributed by atoms with Crippen molar-refractivity contribution in [1.29, 1.82) is 0 Å². The molecule has 1 N–H and O–H groups in total. The molecule has 0 spiro atoms. The minimum absolute atomic E-state index is 0.150. The van der Waals surface area contributed by atoms with Crippen LogP contribution in [0.3, 0.4) is 0 Å². The Bertz CT molecular complexity index is 357. The summed E-state index contributed by atoms with van der Waals surface area (Å²) in [5.41, 5.74) is 1.09. The zero-order valence-electron chi connectivity index (χ0n) is 10.9. The highest BCUT2D eigenvalue weighted by Gasteiger charge is 2.22. The summed E-state index contributed by atoms with van der Waals surface area (Å²) < 4.78 is 12.1. The number of hydrogen-bond acceptors (Lipinski definition) is 2. The Morgan fingerprint density at radius 2 is 2.06 bits per heavy atom. The van der Waals surface area contributed by atoms with Gasteiger partial charge in [0.05, 0.1) is 6.10 Å². The van der Waals surface area contributed by atoms with Gasteiger partial charge in [0.1, 0.15) is 5.82 Å². The summed E-state index contributed by atoms with van der Waals surface area (Å²) in [6, 6.07) is 6.40. The highest BCUT2D eigenvalue weighted by molar-refractivity contribution is 5.76.